The second kappa shape index (κ2) is 5.77. The van der Waals surface area contributed by atoms with Gasteiger partial charge in [0, 0.05) is 28.5 Å². The zero-order valence-electron chi connectivity index (χ0n) is 13.1. The molecule has 0 spiro atoms. The van der Waals surface area contributed by atoms with Crippen LogP contribution in [0.1, 0.15) is 21.7 Å². The summed E-state index contributed by atoms with van der Waals surface area (Å²) >= 11 is 3.35. The van der Waals surface area contributed by atoms with Crippen molar-refractivity contribution < 1.29 is 4.79 Å². The van der Waals surface area contributed by atoms with E-state index < -0.39 is 0 Å². The average Bonchev–Trinajstić information content (AvgIpc) is 2.78. The van der Waals surface area contributed by atoms with Crippen LogP contribution in [0.4, 0.5) is 0 Å². The maximum absolute atomic E-state index is 12.5. The quantitative estimate of drug-likeness (QED) is 0.663. The number of hydrogen-bond donors (Lipinski definition) is 0. The number of fused-ring (bicyclic) bond motifs is 1. The van der Waals surface area contributed by atoms with Gasteiger partial charge in [0.1, 0.15) is 0 Å². The van der Waals surface area contributed by atoms with Crippen molar-refractivity contribution in [3.63, 3.8) is 0 Å². The number of ketones is 1. The Hall–Kier alpha value is -2.21. The van der Waals surface area contributed by atoms with Crippen LogP contribution < -0.4 is 5.56 Å². The first-order chi connectivity index (χ1) is 10.9. The van der Waals surface area contributed by atoms with Gasteiger partial charge < -0.3 is 4.57 Å². The van der Waals surface area contributed by atoms with Gasteiger partial charge in [0.05, 0.1) is 23.8 Å². The molecule has 0 unspecified atom stereocenters. The van der Waals surface area contributed by atoms with Crippen molar-refractivity contribution in [2.24, 2.45) is 7.05 Å². The van der Waals surface area contributed by atoms with Crippen LogP contribution in [0.25, 0.3) is 10.9 Å². The van der Waals surface area contributed by atoms with E-state index in [9.17, 15) is 9.59 Å². The summed E-state index contributed by atoms with van der Waals surface area (Å²) in [4.78, 5) is 29.4. The van der Waals surface area contributed by atoms with Crippen molar-refractivity contribution >= 4 is 32.6 Å². The molecule has 0 aliphatic heterocycles. The van der Waals surface area contributed by atoms with Gasteiger partial charge >= 0.3 is 0 Å². The van der Waals surface area contributed by atoms with Crippen LogP contribution >= 0.6 is 15.9 Å². The van der Waals surface area contributed by atoms with Gasteiger partial charge in [-0.15, -0.1) is 0 Å². The number of aromatic nitrogens is 3. The molecule has 1 aromatic carbocycles. The molecule has 0 amide bonds. The number of nitrogens with zero attached hydrogens (tertiary/aromatic N) is 3. The minimum atomic E-state index is -0.213. The van der Waals surface area contributed by atoms with Gasteiger partial charge in [-0.2, -0.15) is 0 Å². The molecule has 3 rings (SSSR count). The first-order valence-electron chi connectivity index (χ1n) is 7.19. The van der Waals surface area contributed by atoms with Gasteiger partial charge in [-0.3, -0.25) is 14.2 Å². The number of hydrogen-bond acceptors (Lipinski definition) is 3. The molecule has 3 aromatic rings. The van der Waals surface area contributed by atoms with E-state index in [1.165, 1.54) is 10.9 Å². The number of carbonyl (C=O) groups excluding carboxylic acids is 1. The molecule has 118 valence electrons. The molecule has 0 atom stereocenters. The third kappa shape index (κ3) is 2.74. The summed E-state index contributed by atoms with van der Waals surface area (Å²) in [5, 5.41) is 0.496. The zero-order chi connectivity index (χ0) is 16.7. The van der Waals surface area contributed by atoms with E-state index in [1.54, 1.807) is 12.1 Å². The van der Waals surface area contributed by atoms with Gasteiger partial charge in [-0.05, 0) is 38.1 Å². The van der Waals surface area contributed by atoms with Gasteiger partial charge in [-0.1, -0.05) is 15.9 Å². The highest BCUT2D eigenvalue weighted by molar-refractivity contribution is 9.10. The molecule has 0 radical (unpaired) electrons. The number of aryl methyl sites for hydroxylation is 1. The van der Waals surface area contributed by atoms with Crippen LogP contribution in [0, 0.1) is 13.8 Å². The molecule has 23 heavy (non-hydrogen) atoms. The number of carbonyl (C=O) groups is 1. The maximum Gasteiger partial charge on any atom is 0.261 e. The number of Topliss-reactive ketones (excluding diaryl/α,β-unsaturated/α-hetero) is 1. The lowest BCUT2D eigenvalue weighted by Crippen LogP contribution is -2.25. The Kier molecular flexibility index (Phi) is 3.93. The molecule has 2 aromatic heterocycles. The standard InChI is InChI=1S/C17H16BrN3O2/c1-10-6-13(11(2)20(10)3)16(22)8-21-9-19-15-5-4-12(18)7-14(15)17(21)23/h4-7,9H,8H2,1-3H3. The van der Waals surface area contributed by atoms with Crippen LogP contribution in [0.3, 0.4) is 0 Å². The molecular formula is C17H16BrN3O2. The van der Waals surface area contributed by atoms with Crippen molar-refractivity contribution in [3.05, 3.63) is 62.4 Å². The zero-order valence-corrected chi connectivity index (χ0v) is 14.7. The summed E-state index contributed by atoms with van der Waals surface area (Å²) in [7, 11) is 1.92. The highest BCUT2D eigenvalue weighted by atomic mass is 79.9. The fraction of sp³-hybridized carbons (Fsp3) is 0.235. The summed E-state index contributed by atoms with van der Waals surface area (Å²) in [5.41, 5.74) is 2.96. The Morgan fingerprint density at radius 2 is 2.00 bits per heavy atom. The Morgan fingerprint density at radius 3 is 2.65 bits per heavy atom. The summed E-state index contributed by atoms with van der Waals surface area (Å²) in [5.74, 6) is -0.0931. The van der Waals surface area contributed by atoms with Crippen molar-refractivity contribution in [1.29, 1.82) is 0 Å². The van der Waals surface area contributed by atoms with E-state index in [2.05, 4.69) is 20.9 Å². The molecule has 5 nitrogen and oxygen atoms in total. The van der Waals surface area contributed by atoms with Crippen molar-refractivity contribution in [3.8, 4) is 0 Å². The van der Waals surface area contributed by atoms with Crippen LogP contribution in [-0.2, 0) is 13.6 Å². The molecule has 0 saturated heterocycles. The second-order valence-corrected chi connectivity index (χ2v) is 6.52. The lowest BCUT2D eigenvalue weighted by Gasteiger charge is -2.07. The predicted octanol–water partition coefficient (Wildman–Crippen LogP) is 3.00. The monoisotopic (exact) mass is 373 g/mol. The number of benzene rings is 1. The van der Waals surface area contributed by atoms with Crippen LogP contribution in [0.15, 0.2) is 39.9 Å². The molecule has 0 N–H and O–H groups in total. The maximum atomic E-state index is 12.5. The molecular weight excluding hydrogens is 358 g/mol. The topological polar surface area (TPSA) is 56.9 Å². The largest absolute Gasteiger partial charge is 0.351 e. The molecule has 2 heterocycles. The van der Waals surface area contributed by atoms with Gasteiger partial charge in [0.15, 0.2) is 5.78 Å². The van der Waals surface area contributed by atoms with Gasteiger partial charge in [-0.25, -0.2) is 4.98 Å². The van der Waals surface area contributed by atoms with Crippen LogP contribution in [0.5, 0.6) is 0 Å². The fourth-order valence-electron chi connectivity index (χ4n) is 2.62. The number of rotatable bonds is 3. The summed E-state index contributed by atoms with van der Waals surface area (Å²) in [6.45, 7) is 3.84. The first kappa shape index (κ1) is 15.7. The number of halogens is 1. The van der Waals surface area contributed by atoms with Crippen molar-refractivity contribution in [2.75, 3.05) is 0 Å². The Bertz CT molecular complexity index is 985. The normalized spacial score (nSPS) is 11.1. The van der Waals surface area contributed by atoms with E-state index >= 15 is 0 Å². The van der Waals surface area contributed by atoms with Gasteiger partial charge in [0.25, 0.3) is 5.56 Å². The van der Waals surface area contributed by atoms with E-state index in [0.29, 0.717) is 16.5 Å². The van der Waals surface area contributed by atoms with E-state index in [1.807, 2.05) is 37.6 Å². The minimum Gasteiger partial charge on any atom is -0.351 e. The van der Waals surface area contributed by atoms with Crippen LogP contribution in [0.2, 0.25) is 0 Å². The van der Waals surface area contributed by atoms with Crippen LogP contribution in [-0.4, -0.2) is 19.9 Å². The fourth-order valence-corrected chi connectivity index (χ4v) is 2.98. The minimum absolute atomic E-state index is 0.0153. The molecule has 0 bridgehead atoms. The molecule has 0 aliphatic rings. The molecule has 0 aliphatic carbocycles. The third-order valence-electron chi connectivity index (χ3n) is 4.18. The van der Waals surface area contributed by atoms with Crippen molar-refractivity contribution in [1.82, 2.24) is 14.1 Å². The molecule has 0 saturated carbocycles. The molecule has 0 fully saturated rings. The predicted molar refractivity (Wildman–Crippen MR) is 92.9 cm³/mol. The van der Waals surface area contributed by atoms with E-state index in [-0.39, 0.29) is 17.9 Å². The Balaban J connectivity index is 2.01. The summed E-state index contributed by atoms with van der Waals surface area (Å²) < 4.78 is 4.13. The molecule has 6 heteroatoms. The Labute approximate surface area is 141 Å². The van der Waals surface area contributed by atoms with E-state index in [4.69, 9.17) is 0 Å². The smallest absolute Gasteiger partial charge is 0.261 e. The lowest BCUT2D eigenvalue weighted by atomic mass is 10.1. The average molecular weight is 374 g/mol. The Morgan fingerprint density at radius 1 is 1.26 bits per heavy atom. The second-order valence-electron chi connectivity index (χ2n) is 5.61. The van der Waals surface area contributed by atoms with Gasteiger partial charge in [0.2, 0.25) is 0 Å². The SMILES string of the molecule is Cc1cc(C(=O)Cn2cnc3ccc(Br)cc3c2=O)c(C)n1C. The van der Waals surface area contributed by atoms with Crippen molar-refractivity contribution in [2.45, 2.75) is 20.4 Å². The van der Waals surface area contributed by atoms with E-state index in [0.717, 1.165) is 15.9 Å². The third-order valence-corrected chi connectivity index (χ3v) is 4.67. The highest BCUT2D eigenvalue weighted by Gasteiger charge is 2.15. The summed E-state index contributed by atoms with van der Waals surface area (Å²) in [6.07, 6.45) is 1.43. The summed E-state index contributed by atoms with van der Waals surface area (Å²) in [6, 6.07) is 7.19. The lowest BCUT2D eigenvalue weighted by molar-refractivity contribution is 0.0970. The highest BCUT2D eigenvalue weighted by Crippen LogP contribution is 2.16. The first-order valence-corrected chi connectivity index (χ1v) is 7.98.